The normalized spacial score (nSPS) is 16.2. The highest BCUT2D eigenvalue weighted by Crippen LogP contribution is 2.17. The summed E-state index contributed by atoms with van der Waals surface area (Å²) in [6.07, 6.45) is 7.51. The fourth-order valence-corrected chi connectivity index (χ4v) is 2.50. The van der Waals surface area contributed by atoms with Gasteiger partial charge >= 0.3 is 0 Å². The molecule has 1 N–H and O–H groups in total. The second-order valence-electron chi connectivity index (χ2n) is 5.71. The predicted molar refractivity (Wildman–Crippen MR) is 86.2 cm³/mol. The van der Waals surface area contributed by atoms with Gasteiger partial charge < -0.3 is 10.2 Å². The van der Waals surface area contributed by atoms with E-state index in [4.69, 9.17) is 6.42 Å². The standard InChI is InChI=1S/C17H23N3O/c1-4-14-6-5-7-16(12-14)18-15-8-10-20(11-9-15)13-17(21)19(2)3/h1,5-7,12,15,18H,8-11,13H2,2-3H3. The van der Waals surface area contributed by atoms with E-state index in [2.05, 4.69) is 16.1 Å². The lowest BCUT2D eigenvalue weighted by molar-refractivity contribution is -0.130. The monoisotopic (exact) mass is 285 g/mol. The van der Waals surface area contributed by atoms with Gasteiger partial charge in [0.1, 0.15) is 0 Å². The van der Waals surface area contributed by atoms with E-state index in [1.807, 2.05) is 24.3 Å². The minimum atomic E-state index is 0.170. The predicted octanol–water partition coefficient (Wildman–Crippen LogP) is 1.63. The van der Waals surface area contributed by atoms with E-state index in [1.165, 1.54) is 0 Å². The average molecular weight is 285 g/mol. The van der Waals surface area contributed by atoms with Crippen molar-refractivity contribution in [1.29, 1.82) is 0 Å². The Morgan fingerprint density at radius 3 is 2.76 bits per heavy atom. The zero-order valence-electron chi connectivity index (χ0n) is 12.8. The number of amides is 1. The molecule has 1 aromatic rings. The molecule has 0 radical (unpaired) electrons. The number of carbonyl (C=O) groups is 1. The van der Waals surface area contributed by atoms with Crippen molar-refractivity contribution in [1.82, 2.24) is 9.80 Å². The molecule has 2 rings (SSSR count). The van der Waals surface area contributed by atoms with E-state index in [0.717, 1.165) is 37.2 Å². The fourth-order valence-electron chi connectivity index (χ4n) is 2.50. The van der Waals surface area contributed by atoms with Gasteiger partial charge in [-0.3, -0.25) is 9.69 Å². The van der Waals surface area contributed by atoms with Crippen molar-refractivity contribution in [3.63, 3.8) is 0 Å². The quantitative estimate of drug-likeness (QED) is 0.854. The number of likely N-dealkylation sites (tertiary alicyclic amines) is 1. The number of nitrogens with one attached hydrogen (secondary N) is 1. The molecule has 1 amide bonds. The lowest BCUT2D eigenvalue weighted by Crippen LogP contribution is -2.43. The number of carbonyl (C=O) groups excluding carboxylic acids is 1. The van der Waals surface area contributed by atoms with Crippen LogP contribution in [0, 0.1) is 12.3 Å². The molecule has 0 aliphatic carbocycles. The third-order valence-corrected chi connectivity index (χ3v) is 3.85. The van der Waals surface area contributed by atoms with Gasteiger partial charge in [-0.25, -0.2) is 0 Å². The molecule has 0 atom stereocenters. The second-order valence-corrected chi connectivity index (χ2v) is 5.71. The molecule has 0 bridgehead atoms. The van der Waals surface area contributed by atoms with Gasteiger partial charge in [-0.15, -0.1) is 6.42 Å². The van der Waals surface area contributed by atoms with Gasteiger partial charge in [-0.1, -0.05) is 12.0 Å². The van der Waals surface area contributed by atoms with Crippen LogP contribution in [0.5, 0.6) is 0 Å². The van der Waals surface area contributed by atoms with E-state index in [9.17, 15) is 4.79 Å². The molecule has 4 heteroatoms. The smallest absolute Gasteiger partial charge is 0.236 e. The first-order valence-corrected chi connectivity index (χ1v) is 7.34. The lowest BCUT2D eigenvalue weighted by atomic mass is 10.0. The summed E-state index contributed by atoms with van der Waals surface area (Å²) < 4.78 is 0. The van der Waals surface area contributed by atoms with Crippen LogP contribution in [0.25, 0.3) is 0 Å². The molecular formula is C17H23N3O. The summed E-state index contributed by atoms with van der Waals surface area (Å²) in [5.74, 6) is 2.82. The summed E-state index contributed by atoms with van der Waals surface area (Å²) in [6.45, 7) is 2.42. The molecule has 0 unspecified atom stereocenters. The number of anilines is 1. The van der Waals surface area contributed by atoms with Crippen LogP contribution >= 0.6 is 0 Å². The number of rotatable bonds is 4. The first kappa shape index (κ1) is 15.4. The highest BCUT2D eigenvalue weighted by Gasteiger charge is 2.21. The molecule has 1 fully saturated rings. The van der Waals surface area contributed by atoms with Crippen LogP contribution in [0.3, 0.4) is 0 Å². The Kier molecular flexibility index (Phi) is 5.24. The van der Waals surface area contributed by atoms with Gasteiger partial charge in [0.2, 0.25) is 5.91 Å². The minimum Gasteiger partial charge on any atom is -0.382 e. The zero-order valence-corrected chi connectivity index (χ0v) is 12.8. The molecule has 4 nitrogen and oxygen atoms in total. The summed E-state index contributed by atoms with van der Waals surface area (Å²) in [4.78, 5) is 15.6. The Morgan fingerprint density at radius 1 is 1.43 bits per heavy atom. The fraction of sp³-hybridized carbons (Fsp3) is 0.471. The highest BCUT2D eigenvalue weighted by atomic mass is 16.2. The summed E-state index contributed by atoms with van der Waals surface area (Å²) in [7, 11) is 3.60. The van der Waals surface area contributed by atoms with E-state index >= 15 is 0 Å². The van der Waals surface area contributed by atoms with Crippen molar-refractivity contribution in [3.8, 4) is 12.3 Å². The van der Waals surface area contributed by atoms with Gasteiger partial charge in [-0.05, 0) is 31.0 Å². The van der Waals surface area contributed by atoms with Crippen LogP contribution in [-0.2, 0) is 4.79 Å². The van der Waals surface area contributed by atoms with Crippen LogP contribution < -0.4 is 5.32 Å². The molecule has 1 saturated heterocycles. The van der Waals surface area contributed by atoms with Gasteiger partial charge in [-0.2, -0.15) is 0 Å². The molecule has 1 aliphatic heterocycles. The molecular weight excluding hydrogens is 262 g/mol. The Balaban J connectivity index is 1.81. The summed E-state index contributed by atoms with van der Waals surface area (Å²) in [6, 6.07) is 8.40. The van der Waals surface area contributed by atoms with Crippen molar-refractivity contribution in [2.24, 2.45) is 0 Å². The third kappa shape index (κ3) is 4.51. The van der Waals surface area contributed by atoms with Gasteiger partial charge in [0.05, 0.1) is 6.54 Å². The van der Waals surface area contributed by atoms with E-state index < -0.39 is 0 Å². The molecule has 1 aromatic carbocycles. The number of hydrogen-bond donors (Lipinski definition) is 1. The number of benzene rings is 1. The Labute approximate surface area is 127 Å². The van der Waals surface area contributed by atoms with Crippen LogP contribution in [0.4, 0.5) is 5.69 Å². The average Bonchev–Trinajstić information content (AvgIpc) is 2.49. The van der Waals surface area contributed by atoms with Gasteiger partial charge in [0.25, 0.3) is 0 Å². The van der Waals surface area contributed by atoms with E-state index in [1.54, 1.807) is 19.0 Å². The molecule has 0 aromatic heterocycles. The number of piperidine rings is 1. The highest BCUT2D eigenvalue weighted by molar-refractivity contribution is 5.77. The number of hydrogen-bond acceptors (Lipinski definition) is 3. The molecule has 1 aliphatic rings. The summed E-state index contributed by atoms with van der Waals surface area (Å²) >= 11 is 0. The second kappa shape index (κ2) is 7.14. The molecule has 112 valence electrons. The van der Waals surface area contributed by atoms with Crippen molar-refractivity contribution >= 4 is 11.6 Å². The molecule has 0 spiro atoms. The molecule has 1 heterocycles. The van der Waals surface area contributed by atoms with Crippen LogP contribution in [0.2, 0.25) is 0 Å². The maximum atomic E-state index is 11.7. The van der Waals surface area contributed by atoms with Gasteiger partial charge in [0, 0.05) is 44.5 Å². The van der Waals surface area contributed by atoms with Crippen LogP contribution in [0.1, 0.15) is 18.4 Å². The summed E-state index contributed by atoms with van der Waals surface area (Å²) in [5.41, 5.74) is 1.97. The van der Waals surface area contributed by atoms with Crippen molar-refractivity contribution in [2.45, 2.75) is 18.9 Å². The molecule has 0 saturated carbocycles. The van der Waals surface area contributed by atoms with Crippen molar-refractivity contribution < 1.29 is 4.79 Å². The number of terminal acetylenes is 1. The Bertz CT molecular complexity index is 525. The summed E-state index contributed by atoms with van der Waals surface area (Å²) in [5, 5.41) is 3.53. The topological polar surface area (TPSA) is 35.6 Å². The first-order valence-electron chi connectivity index (χ1n) is 7.34. The minimum absolute atomic E-state index is 0.170. The Morgan fingerprint density at radius 2 is 2.14 bits per heavy atom. The first-order chi connectivity index (χ1) is 10.1. The number of nitrogens with zero attached hydrogens (tertiary/aromatic N) is 2. The van der Waals surface area contributed by atoms with Crippen LogP contribution in [0.15, 0.2) is 24.3 Å². The largest absolute Gasteiger partial charge is 0.382 e. The van der Waals surface area contributed by atoms with Crippen LogP contribution in [-0.4, -0.2) is 55.5 Å². The maximum absolute atomic E-state index is 11.7. The van der Waals surface area contributed by atoms with Gasteiger partial charge in [0.15, 0.2) is 0 Å². The molecule has 21 heavy (non-hydrogen) atoms. The SMILES string of the molecule is C#Cc1cccc(NC2CCN(CC(=O)N(C)C)CC2)c1. The number of likely N-dealkylation sites (N-methyl/N-ethyl adjacent to an activating group) is 1. The van der Waals surface area contributed by atoms with Crippen molar-refractivity contribution in [3.05, 3.63) is 29.8 Å². The lowest BCUT2D eigenvalue weighted by Gasteiger charge is -2.33. The maximum Gasteiger partial charge on any atom is 0.236 e. The Hall–Kier alpha value is -1.99. The zero-order chi connectivity index (χ0) is 15.2. The van der Waals surface area contributed by atoms with E-state index in [-0.39, 0.29) is 5.91 Å². The third-order valence-electron chi connectivity index (χ3n) is 3.85. The van der Waals surface area contributed by atoms with E-state index in [0.29, 0.717) is 12.6 Å². The van der Waals surface area contributed by atoms with Crippen molar-refractivity contribution in [2.75, 3.05) is 39.0 Å².